The average Bonchev–Trinajstić information content (AvgIpc) is 2.26. The first kappa shape index (κ1) is 12.3. The lowest BCUT2D eigenvalue weighted by Crippen LogP contribution is -2.42. The molecule has 1 atom stereocenters. The molecule has 84 valence electrons. The van der Waals surface area contributed by atoms with Crippen molar-refractivity contribution in [2.24, 2.45) is 0 Å². The van der Waals surface area contributed by atoms with Gasteiger partial charge in [0, 0.05) is 5.56 Å². The summed E-state index contributed by atoms with van der Waals surface area (Å²) in [6, 6.07) is 11.4. The van der Waals surface area contributed by atoms with Gasteiger partial charge in [0.05, 0.1) is 20.6 Å². The van der Waals surface area contributed by atoms with Crippen LogP contribution in [0.2, 0.25) is 0 Å². The van der Waals surface area contributed by atoms with Crippen LogP contribution in [0.1, 0.15) is 38.3 Å². The van der Waals surface area contributed by atoms with Crippen LogP contribution < -0.4 is 0 Å². The van der Waals surface area contributed by atoms with Crippen molar-refractivity contribution >= 4 is 0 Å². The first-order valence-corrected chi connectivity index (χ1v) is 5.95. The van der Waals surface area contributed by atoms with Crippen LogP contribution in [0.4, 0.5) is 0 Å². The maximum Gasteiger partial charge on any atom is 0.111 e. The van der Waals surface area contributed by atoms with Gasteiger partial charge in [0.1, 0.15) is 6.04 Å². The molecule has 0 N–H and O–H groups in total. The molecule has 1 aromatic carbocycles. The summed E-state index contributed by atoms with van der Waals surface area (Å²) in [4.78, 5) is 0. The molecule has 1 heteroatoms. The molecule has 0 aliphatic heterocycles. The molecule has 0 unspecified atom stereocenters. The number of quaternary nitrogens is 1. The molecule has 0 aliphatic rings. The van der Waals surface area contributed by atoms with Crippen LogP contribution in [0.5, 0.6) is 0 Å². The molecule has 0 spiro atoms. The summed E-state index contributed by atoms with van der Waals surface area (Å²) < 4.78 is 1.08. The Balaban J connectivity index is 2.70. The molecule has 0 saturated carbocycles. The van der Waals surface area contributed by atoms with Gasteiger partial charge in [0.2, 0.25) is 0 Å². The molecule has 1 rings (SSSR count). The lowest BCUT2D eigenvalue weighted by Gasteiger charge is -2.36. The summed E-state index contributed by atoms with van der Waals surface area (Å²) in [7, 11) is 4.65. The van der Waals surface area contributed by atoms with Gasteiger partial charge in [0.25, 0.3) is 0 Å². The topological polar surface area (TPSA) is 0 Å². The Kier molecular flexibility index (Phi) is 4.34. The Morgan fingerprint density at radius 1 is 1.13 bits per heavy atom. The summed E-state index contributed by atoms with van der Waals surface area (Å²) in [5.41, 5.74) is 1.44. The zero-order valence-corrected chi connectivity index (χ0v) is 10.5. The number of rotatable bonds is 5. The number of hydrogen-bond donors (Lipinski definition) is 0. The van der Waals surface area contributed by atoms with E-state index in [-0.39, 0.29) is 0 Å². The van der Waals surface area contributed by atoms with Crippen molar-refractivity contribution < 1.29 is 4.48 Å². The molecule has 1 aromatic rings. The molecule has 0 aliphatic carbocycles. The van der Waals surface area contributed by atoms with Crippen molar-refractivity contribution in [2.75, 3.05) is 20.6 Å². The van der Waals surface area contributed by atoms with E-state index in [1.165, 1.54) is 24.9 Å². The highest BCUT2D eigenvalue weighted by Gasteiger charge is 2.24. The van der Waals surface area contributed by atoms with E-state index >= 15 is 0 Å². The predicted octanol–water partition coefficient (Wildman–Crippen LogP) is 3.62. The van der Waals surface area contributed by atoms with E-state index < -0.39 is 0 Å². The Labute approximate surface area is 94.3 Å². The van der Waals surface area contributed by atoms with Crippen molar-refractivity contribution in [1.82, 2.24) is 0 Å². The summed E-state index contributed by atoms with van der Waals surface area (Å²) in [6.45, 7) is 5.84. The summed E-state index contributed by atoms with van der Waals surface area (Å²) in [5.74, 6) is 0. The summed E-state index contributed by atoms with van der Waals surface area (Å²) >= 11 is 0. The second kappa shape index (κ2) is 5.32. The van der Waals surface area contributed by atoms with Gasteiger partial charge in [-0.25, -0.2) is 0 Å². The summed E-state index contributed by atoms with van der Waals surface area (Å²) in [6.07, 6.45) is 2.59. The lowest BCUT2D eigenvalue weighted by molar-refractivity contribution is -0.919. The molecular weight excluding hydrogens is 182 g/mol. The first-order valence-electron chi connectivity index (χ1n) is 5.95. The van der Waals surface area contributed by atoms with Crippen molar-refractivity contribution in [2.45, 2.75) is 32.7 Å². The molecule has 0 aromatic heterocycles. The third-order valence-corrected chi connectivity index (χ3v) is 3.42. The lowest BCUT2D eigenvalue weighted by atomic mass is 10.1. The van der Waals surface area contributed by atoms with Gasteiger partial charge in [-0.3, -0.25) is 0 Å². The first-order chi connectivity index (χ1) is 7.08. The Hall–Kier alpha value is -0.820. The third-order valence-electron chi connectivity index (χ3n) is 3.42. The monoisotopic (exact) mass is 206 g/mol. The van der Waals surface area contributed by atoms with Gasteiger partial charge < -0.3 is 4.48 Å². The van der Waals surface area contributed by atoms with Gasteiger partial charge >= 0.3 is 0 Å². The van der Waals surface area contributed by atoms with E-state index in [0.29, 0.717) is 6.04 Å². The summed E-state index contributed by atoms with van der Waals surface area (Å²) in [5, 5.41) is 0. The quantitative estimate of drug-likeness (QED) is 0.645. The minimum atomic E-state index is 0.581. The predicted molar refractivity (Wildman–Crippen MR) is 66.7 cm³/mol. The number of unbranched alkanes of at least 4 members (excludes halogenated alkanes) is 1. The van der Waals surface area contributed by atoms with Gasteiger partial charge in [0.15, 0.2) is 0 Å². The smallest absolute Gasteiger partial charge is 0.111 e. The largest absolute Gasteiger partial charge is 0.323 e. The van der Waals surface area contributed by atoms with Crippen LogP contribution in [0.15, 0.2) is 30.3 Å². The van der Waals surface area contributed by atoms with E-state index in [0.717, 1.165) is 4.48 Å². The van der Waals surface area contributed by atoms with E-state index in [2.05, 4.69) is 58.3 Å². The molecule has 0 amide bonds. The Morgan fingerprint density at radius 3 is 2.27 bits per heavy atom. The SMILES string of the molecule is CCCC[N+](C)(C)[C@@H](C)c1ccccc1. The second-order valence-corrected chi connectivity index (χ2v) is 4.94. The second-order valence-electron chi connectivity index (χ2n) is 4.94. The normalized spacial score (nSPS) is 13.9. The van der Waals surface area contributed by atoms with Crippen molar-refractivity contribution in [3.63, 3.8) is 0 Å². The molecule has 0 bridgehead atoms. The molecule has 0 saturated heterocycles. The van der Waals surface area contributed by atoms with Crippen molar-refractivity contribution in [3.8, 4) is 0 Å². The van der Waals surface area contributed by atoms with Crippen LogP contribution >= 0.6 is 0 Å². The van der Waals surface area contributed by atoms with Crippen molar-refractivity contribution in [3.05, 3.63) is 35.9 Å². The molecular formula is C14H24N+. The van der Waals surface area contributed by atoms with Crippen LogP contribution in [0.25, 0.3) is 0 Å². The fourth-order valence-corrected chi connectivity index (χ4v) is 1.89. The van der Waals surface area contributed by atoms with Gasteiger partial charge in [-0.15, -0.1) is 0 Å². The number of nitrogens with zero attached hydrogens (tertiary/aromatic N) is 1. The van der Waals surface area contributed by atoms with Crippen LogP contribution in [0.3, 0.4) is 0 Å². The van der Waals surface area contributed by atoms with E-state index in [1.54, 1.807) is 0 Å². The molecule has 0 fully saturated rings. The van der Waals surface area contributed by atoms with Crippen LogP contribution in [0, 0.1) is 0 Å². The number of benzene rings is 1. The minimum absolute atomic E-state index is 0.581. The van der Waals surface area contributed by atoms with E-state index in [9.17, 15) is 0 Å². The van der Waals surface area contributed by atoms with E-state index in [1.807, 2.05) is 0 Å². The Morgan fingerprint density at radius 2 is 1.73 bits per heavy atom. The maximum absolute atomic E-state index is 2.33. The average molecular weight is 206 g/mol. The zero-order chi connectivity index (χ0) is 11.3. The molecule has 0 heterocycles. The van der Waals surface area contributed by atoms with Gasteiger partial charge in [-0.2, -0.15) is 0 Å². The van der Waals surface area contributed by atoms with Crippen LogP contribution in [-0.2, 0) is 0 Å². The molecule has 1 nitrogen and oxygen atoms in total. The molecule has 0 radical (unpaired) electrons. The third kappa shape index (κ3) is 3.35. The zero-order valence-electron chi connectivity index (χ0n) is 10.5. The fraction of sp³-hybridized carbons (Fsp3) is 0.571. The van der Waals surface area contributed by atoms with E-state index in [4.69, 9.17) is 0 Å². The standard InChI is InChI=1S/C14H24N/c1-5-6-12-15(3,4)13(2)14-10-8-7-9-11-14/h7-11,13H,5-6,12H2,1-4H3/q+1/t13-/m0/s1. The highest BCUT2D eigenvalue weighted by atomic mass is 15.3. The van der Waals surface area contributed by atoms with Gasteiger partial charge in [-0.1, -0.05) is 43.7 Å². The highest BCUT2D eigenvalue weighted by molar-refractivity contribution is 5.16. The van der Waals surface area contributed by atoms with Gasteiger partial charge in [-0.05, 0) is 13.3 Å². The van der Waals surface area contributed by atoms with Crippen molar-refractivity contribution in [1.29, 1.82) is 0 Å². The molecule has 15 heavy (non-hydrogen) atoms. The maximum atomic E-state index is 2.33. The minimum Gasteiger partial charge on any atom is -0.323 e. The Bertz CT molecular complexity index is 277. The number of hydrogen-bond acceptors (Lipinski definition) is 0. The highest BCUT2D eigenvalue weighted by Crippen LogP contribution is 2.24. The van der Waals surface area contributed by atoms with Crippen LogP contribution in [-0.4, -0.2) is 25.1 Å². The fourth-order valence-electron chi connectivity index (χ4n) is 1.89.